The van der Waals surface area contributed by atoms with Crippen molar-refractivity contribution in [3.63, 3.8) is 0 Å². The van der Waals surface area contributed by atoms with Crippen molar-refractivity contribution in [3.05, 3.63) is 46.6 Å². The van der Waals surface area contributed by atoms with Crippen LogP contribution >= 0.6 is 19.2 Å². The Balaban J connectivity index is 1.24. The highest BCUT2D eigenvalue weighted by atomic mass is 35.5. The molecule has 6 rings (SSSR count). The summed E-state index contributed by atoms with van der Waals surface area (Å²) in [6.45, 7) is 0.895. The molecule has 37 heavy (non-hydrogen) atoms. The van der Waals surface area contributed by atoms with E-state index in [4.69, 9.17) is 30.9 Å². The van der Waals surface area contributed by atoms with Crippen LogP contribution in [0.2, 0.25) is 5.28 Å². The lowest BCUT2D eigenvalue weighted by molar-refractivity contribution is -0.0658. The molecule has 2 aliphatic heterocycles. The van der Waals surface area contributed by atoms with Crippen molar-refractivity contribution in [1.29, 1.82) is 0 Å². The third-order valence-electron chi connectivity index (χ3n) is 7.33. The fourth-order valence-corrected chi connectivity index (χ4v) is 6.10. The fraction of sp³-hybridized carbons (Fsp3) is 0.500. The number of hydrogen-bond donors (Lipinski definition) is 4. The summed E-state index contributed by atoms with van der Waals surface area (Å²) in [6, 6.07) is 4.95. The maximum Gasteiger partial charge on any atom is 0.350 e. The van der Waals surface area contributed by atoms with Gasteiger partial charge < -0.3 is 34.4 Å². The number of anilines is 1. The molecular weight excluding hydrogens is 532 g/mol. The highest BCUT2D eigenvalue weighted by Crippen LogP contribution is 2.48. The number of aliphatic hydroxyl groups is 2. The second kappa shape index (κ2) is 8.92. The number of benzene rings is 1. The van der Waals surface area contributed by atoms with Crippen LogP contribution in [0.25, 0.3) is 11.0 Å². The number of rotatable bonds is 6. The van der Waals surface area contributed by atoms with Crippen LogP contribution < -0.4 is 4.90 Å². The lowest BCUT2D eigenvalue weighted by Gasteiger charge is -2.49. The van der Waals surface area contributed by atoms with Gasteiger partial charge in [0.05, 0.1) is 18.2 Å². The molecule has 3 aliphatic rings. The number of hydrogen-bond acceptors (Lipinski definition) is 9. The minimum Gasteiger partial charge on any atom is -0.387 e. The largest absolute Gasteiger partial charge is 0.387 e. The van der Waals surface area contributed by atoms with E-state index in [9.17, 15) is 19.2 Å². The molecular formula is C22H24ClFN5O7P. The zero-order valence-electron chi connectivity index (χ0n) is 19.3. The number of aryl methyl sites for hydroxylation is 1. The SMILES string of the molecule is O=P(O)(O)COC[C@H]1O[C@@H](n2ncc3c(N4CC5(CCc6ccc(F)cc65)C4)nc(Cl)nc32)[C@H](O)[C@@H]1O. The van der Waals surface area contributed by atoms with E-state index in [0.717, 1.165) is 24.0 Å². The molecule has 2 saturated heterocycles. The van der Waals surface area contributed by atoms with Gasteiger partial charge in [0.1, 0.15) is 36.3 Å². The van der Waals surface area contributed by atoms with Crippen molar-refractivity contribution < 1.29 is 38.4 Å². The molecule has 4 heterocycles. The molecule has 1 aliphatic carbocycles. The van der Waals surface area contributed by atoms with E-state index in [0.29, 0.717) is 24.3 Å². The Bertz CT molecular complexity index is 1410. The first-order valence-electron chi connectivity index (χ1n) is 11.6. The predicted molar refractivity (Wildman–Crippen MR) is 128 cm³/mol. The minimum absolute atomic E-state index is 0.0439. The Hall–Kier alpha value is -2.22. The average molecular weight is 556 g/mol. The molecule has 198 valence electrons. The minimum atomic E-state index is -4.40. The van der Waals surface area contributed by atoms with E-state index >= 15 is 0 Å². The van der Waals surface area contributed by atoms with Gasteiger partial charge in [0, 0.05) is 18.5 Å². The Kier molecular flexibility index (Phi) is 6.05. The lowest BCUT2D eigenvalue weighted by atomic mass is 9.74. The van der Waals surface area contributed by atoms with Crippen LogP contribution in [-0.4, -0.2) is 84.1 Å². The molecule has 3 aromatic rings. The zero-order valence-corrected chi connectivity index (χ0v) is 21.0. The number of aromatic nitrogens is 4. The highest BCUT2D eigenvalue weighted by molar-refractivity contribution is 7.51. The summed E-state index contributed by atoms with van der Waals surface area (Å²) >= 11 is 6.26. The van der Waals surface area contributed by atoms with Gasteiger partial charge in [-0.1, -0.05) is 6.07 Å². The molecule has 15 heteroatoms. The Morgan fingerprint density at radius 2 is 2.03 bits per heavy atom. The molecule has 0 bridgehead atoms. The summed E-state index contributed by atoms with van der Waals surface area (Å²) in [5.41, 5.74) is 2.30. The Labute approximate surface area is 214 Å². The number of nitrogens with zero attached hydrogens (tertiary/aromatic N) is 5. The van der Waals surface area contributed by atoms with Gasteiger partial charge in [0.25, 0.3) is 0 Å². The van der Waals surface area contributed by atoms with Gasteiger partial charge in [-0.25, -0.2) is 9.07 Å². The molecule has 1 aromatic carbocycles. The summed E-state index contributed by atoms with van der Waals surface area (Å²) in [5, 5.41) is 25.8. The second-order valence-electron chi connectivity index (χ2n) is 9.79. The van der Waals surface area contributed by atoms with Gasteiger partial charge in [-0.2, -0.15) is 15.1 Å². The van der Waals surface area contributed by atoms with Crippen molar-refractivity contribution in [2.75, 3.05) is 30.9 Å². The number of aliphatic hydroxyl groups excluding tert-OH is 2. The third kappa shape index (κ3) is 4.33. The van der Waals surface area contributed by atoms with Crippen LogP contribution in [0.3, 0.4) is 0 Å². The summed E-state index contributed by atoms with van der Waals surface area (Å²) < 4.78 is 36.9. The van der Waals surface area contributed by atoms with Crippen LogP contribution in [0, 0.1) is 5.82 Å². The van der Waals surface area contributed by atoms with Crippen molar-refractivity contribution in [2.45, 2.75) is 42.8 Å². The van der Waals surface area contributed by atoms with E-state index < -0.39 is 38.5 Å². The van der Waals surface area contributed by atoms with Crippen LogP contribution in [0.1, 0.15) is 23.8 Å². The van der Waals surface area contributed by atoms with E-state index in [1.807, 2.05) is 11.0 Å². The maximum atomic E-state index is 13.9. The summed E-state index contributed by atoms with van der Waals surface area (Å²) in [6.07, 6.45) is -2.53. The van der Waals surface area contributed by atoms with Gasteiger partial charge in [-0.3, -0.25) is 4.57 Å². The molecule has 0 amide bonds. The molecule has 0 unspecified atom stereocenters. The van der Waals surface area contributed by atoms with Gasteiger partial charge in [-0.05, 0) is 47.7 Å². The van der Waals surface area contributed by atoms with Gasteiger partial charge in [0.15, 0.2) is 11.9 Å². The number of halogens is 2. The monoisotopic (exact) mass is 555 g/mol. The van der Waals surface area contributed by atoms with Crippen molar-refractivity contribution in [1.82, 2.24) is 19.7 Å². The predicted octanol–water partition coefficient (Wildman–Crippen LogP) is 1.09. The first-order valence-corrected chi connectivity index (χ1v) is 13.8. The highest BCUT2D eigenvalue weighted by Gasteiger charge is 2.50. The van der Waals surface area contributed by atoms with Crippen LogP contribution in [0.4, 0.5) is 10.2 Å². The van der Waals surface area contributed by atoms with E-state index in [1.165, 1.54) is 16.9 Å². The fourth-order valence-electron chi connectivity index (χ4n) is 5.60. The first-order chi connectivity index (χ1) is 17.5. The van der Waals surface area contributed by atoms with Crippen molar-refractivity contribution >= 4 is 36.0 Å². The maximum absolute atomic E-state index is 13.9. The summed E-state index contributed by atoms with van der Waals surface area (Å²) in [7, 11) is -4.40. The zero-order chi connectivity index (χ0) is 26.1. The quantitative estimate of drug-likeness (QED) is 0.254. The lowest BCUT2D eigenvalue weighted by Crippen LogP contribution is -2.58. The van der Waals surface area contributed by atoms with Crippen molar-refractivity contribution in [3.8, 4) is 0 Å². The second-order valence-corrected chi connectivity index (χ2v) is 11.7. The molecule has 1 spiro atoms. The van der Waals surface area contributed by atoms with Crippen LogP contribution in [0.15, 0.2) is 24.4 Å². The molecule has 4 atom stereocenters. The molecule has 0 radical (unpaired) electrons. The van der Waals surface area contributed by atoms with Gasteiger partial charge in [0.2, 0.25) is 5.28 Å². The molecule has 2 aromatic heterocycles. The molecule has 12 nitrogen and oxygen atoms in total. The Morgan fingerprint density at radius 1 is 1.24 bits per heavy atom. The standard InChI is InChI=1S/C22H24ClFN5O7P/c23-21-26-18(28-8-22(9-28)4-3-11-1-2-12(24)5-14(11)22)13-6-25-29(19(13)27-21)20-17(31)16(30)15(36-20)7-35-10-37(32,33)34/h1-2,5-6,15-17,20,30-31H,3-4,7-10H2,(H2,32,33,34)/t15-,16-,17-,20-/m1/s1. The summed E-state index contributed by atoms with van der Waals surface area (Å²) in [4.78, 5) is 28.6. The normalized spacial score (nSPS) is 26.7. The summed E-state index contributed by atoms with van der Waals surface area (Å²) in [5.74, 6) is 0.293. The number of fused-ring (bicyclic) bond motifs is 3. The first kappa shape index (κ1) is 25.1. The molecule has 0 saturated carbocycles. The third-order valence-corrected chi connectivity index (χ3v) is 8.02. The number of ether oxygens (including phenoxy) is 2. The topological polar surface area (TPSA) is 163 Å². The molecule has 4 N–H and O–H groups in total. The molecule has 2 fully saturated rings. The van der Waals surface area contributed by atoms with Gasteiger partial charge in [-0.15, -0.1) is 0 Å². The Morgan fingerprint density at radius 3 is 2.78 bits per heavy atom. The van der Waals surface area contributed by atoms with E-state index in [1.54, 1.807) is 6.07 Å². The van der Waals surface area contributed by atoms with E-state index in [-0.39, 0.29) is 28.8 Å². The smallest absolute Gasteiger partial charge is 0.350 e. The average Bonchev–Trinajstić information content (AvgIpc) is 3.47. The van der Waals surface area contributed by atoms with Crippen LogP contribution in [-0.2, 0) is 25.9 Å². The van der Waals surface area contributed by atoms with Crippen molar-refractivity contribution in [2.24, 2.45) is 0 Å². The van der Waals surface area contributed by atoms with E-state index in [2.05, 4.69) is 15.1 Å². The van der Waals surface area contributed by atoms with Crippen LogP contribution in [0.5, 0.6) is 0 Å². The van der Waals surface area contributed by atoms with Gasteiger partial charge >= 0.3 is 7.60 Å².